The Bertz CT molecular complexity index is 3350. The van der Waals surface area contributed by atoms with E-state index in [4.69, 9.17) is 19.9 Å². The molecule has 5 aromatic heterocycles. The molecule has 0 saturated carbocycles. The van der Waals surface area contributed by atoms with Gasteiger partial charge in [0.05, 0.1) is 26.9 Å². The van der Waals surface area contributed by atoms with Crippen molar-refractivity contribution in [2.75, 3.05) is 0 Å². The van der Waals surface area contributed by atoms with E-state index >= 15 is 0 Å². The van der Waals surface area contributed by atoms with Crippen LogP contribution in [-0.4, -0.2) is 29.1 Å². The number of hydrogen-bond donors (Lipinski definition) is 0. The Balaban J connectivity index is 1.28. The van der Waals surface area contributed by atoms with E-state index in [1.165, 1.54) is 20.9 Å². The maximum absolute atomic E-state index is 5.10. The number of nitrogens with zero attached hydrogens (tertiary/aromatic N) is 6. The van der Waals surface area contributed by atoms with Crippen LogP contribution in [0.5, 0.6) is 0 Å². The fraction of sp³-hybridized carbons (Fsp3) is 0.0196. The zero-order valence-corrected chi connectivity index (χ0v) is 32.4. The lowest BCUT2D eigenvalue weighted by Gasteiger charge is -2.13. The first-order chi connectivity index (χ1) is 28.7. The van der Waals surface area contributed by atoms with Crippen LogP contribution in [0.25, 0.3) is 111 Å². The standard InChI is InChI=1S/C51H34N6S/c1-3-18-40-37(4-2)44-45-42(43-39-28-17-30-52-51(39)58-47(43)46(44)56(40)35-24-12-7-13-25-35)38-27-14-15-29-41(38)57(45)36-26-16-23-34(31-36)50-54-48(32-19-8-5-9-20-32)53-49(55-50)33-21-10-6-11-22-33/h3-31H,2H2,1H3/b18-3-. The Kier molecular flexibility index (Phi) is 7.94. The molecule has 0 amide bonds. The number of rotatable bonds is 7. The lowest BCUT2D eigenvalue weighted by atomic mass is 10.0. The molecule has 11 rings (SSSR count). The van der Waals surface area contributed by atoms with E-state index in [0.29, 0.717) is 17.5 Å². The summed E-state index contributed by atoms with van der Waals surface area (Å²) in [5, 5.41) is 5.86. The van der Waals surface area contributed by atoms with Crippen molar-refractivity contribution in [1.29, 1.82) is 0 Å². The quantitative estimate of drug-likeness (QED) is 0.162. The Hall–Kier alpha value is -7.48. The molecule has 58 heavy (non-hydrogen) atoms. The number of benzene rings is 6. The highest BCUT2D eigenvalue weighted by Gasteiger charge is 2.28. The zero-order chi connectivity index (χ0) is 38.7. The first-order valence-electron chi connectivity index (χ1n) is 19.3. The molecule has 0 aliphatic rings. The fourth-order valence-corrected chi connectivity index (χ4v) is 9.70. The van der Waals surface area contributed by atoms with Gasteiger partial charge < -0.3 is 9.13 Å². The van der Waals surface area contributed by atoms with Crippen molar-refractivity contribution >= 4 is 76.5 Å². The van der Waals surface area contributed by atoms with Crippen LogP contribution in [0.3, 0.4) is 0 Å². The molecule has 0 aliphatic carbocycles. The summed E-state index contributed by atoms with van der Waals surface area (Å²) in [5.74, 6) is 1.86. The summed E-state index contributed by atoms with van der Waals surface area (Å²) in [6.45, 7) is 6.52. The molecule has 0 fully saturated rings. The molecule has 11 aromatic rings. The van der Waals surface area contributed by atoms with Crippen LogP contribution >= 0.6 is 11.3 Å². The van der Waals surface area contributed by atoms with Crippen molar-refractivity contribution in [2.45, 2.75) is 6.92 Å². The van der Waals surface area contributed by atoms with E-state index in [1.54, 1.807) is 11.3 Å². The Morgan fingerprint density at radius 2 is 1.16 bits per heavy atom. The van der Waals surface area contributed by atoms with Gasteiger partial charge in [-0.15, -0.1) is 11.3 Å². The maximum Gasteiger partial charge on any atom is 0.164 e. The van der Waals surface area contributed by atoms with Crippen molar-refractivity contribution in [1.82, 2.24) is 29.1 Å². The number of thiophene rings is 1. The highest BCUT2D eigenvalue weighted by molar-refractivity contribution is 7.26. The first kappa shape index (κ1) is 33.8. The number of aromatic nitrogens is 6. The fourth-order valence-electron chi connectivity index (χ4n) is 8.50. The van der Waals surface area contributed by atoms with E-state index in [2.05, 4.69) is 120 Å². The third kappa shape index (κ3) is 5.17. The minimum atomic E-state index is 0.607. The summed E-state index contributed by atoms with van der Waals surface area (Å²) >= 11 is 1.76. The number of fused-ring (bicyclic) bond motifs is 10. The van der Waals surface area contributed by atoms with Crippen molar-refractivity contribution in [3.8, 4) is 45.5 Å². The molecule has 0 atom stereocenters. The molecular weight excluding hydrogens is 729 g/mol. The van der Waals surface area contributed by atoms with Crippen molar-refractivity contribution in [3.05, 3.63) is 182 Å². The van der Waals surface area contributed by atoms with Crippen molar-refractivity contribution < 1.29 is 0 Å². The molecule has 5 heterocycles. The van der Waals surface area contributed by atoms with Gasteiger partial charge in [0.1, 0.15) is 4.83 Å². The smallest absolute Gasteiger partial charge is 0.164 e. The van der Waals surface area contributed by atoms with Crippen LogP contribution in [-0.2, 0) is 0 Å². The number of allylic oxidation sites excluding steroid dienone is 1. The Morgan fingerprint density at radius 3 is 1.84 bits per heavy atom. The molecule has 0 aliphatic heterocycles. The zero-order valence-electron chi connectivity index (χ0n) is 31.5. The summed E-state index contributed by atoms with van der Waals surface area (Å²) in [6.07, 6.45) is 8.23. The number of hydrogen-bond acceptors (Lipinski definition) is 5. The number of para-hydroxylation sites is 2. The molecule has 274 valence electrons. The molecule has 0 spiro atoms. The molecule has 0 radical (unpaired) electrons. The highest BCUT2D eigenvalue weighted by Crippen LogP contribution is 2.50. The van der Waals surface area contributed by atoms with E-state index in [1.807, 2.05) is 79.0 Å². The summed E-state index contributed by atoms with van der Waals surface area (Å²) in [4.78, 5) is 21.1. The van der Waals surface area contributed by atoms with Gasteiger partial charge in [-0.05, 0) is 55.5 Å². The predicted octanol–water partition coefficient (Wildman–Crippen LogP) is 13.4. The second kappa shape index (κ2) is 13.6. The number of pyridine rings is 1. The average Bonchev–Trinajstić information content (AvgIpc) is 3.95. The Labute approximate surface area is 338 Å². The largest absolute Gasteiger partial charge is 0.308 e. The van der Waals surface area contributed by atoms with E-state index in [0.717, 1.165) is 71.5 Å². The van der Waals surface area contributed by atoms with Crippen molar-refractivity contribution in [3.63, 3.8) is 0 Å². The topological polar surface area (TPSA) is 61.4 Å². The minimum Gasteiger partial charge on any atom is -0.308 e. The lowest BCUT2D eigenvalue weighted by molar-refractivity contribution is 1.07. The second-order valence-electron chi connectivity index (χ2n) is 14.2. The average molecular weight is 763 g/mol. The molecule has 0 saturated heterocycles. The van der Waals surface area contributed by atoms with Gasteiger partial charge in [0.25, 0.3) is 0 Å². The third-order valence-electron chi connectivity index (χ3n) is 10.9. The normalized spacial score (nSPS) is 11.9. The summed E-state index contributed by atoms with van der Waals surface area (Å²) in [7, 11) is 0. The van der Waals surface area contributed by atoms with E-state index in [9.17, 15) is 0 Å². The van der Waals surface area contributed by atoms with Gasteiger partial charge in [0.15, 0.2) is 17.5 Å². The summed E-state index contributed by atoms with van der Waals surface area (Å²) in [5.41, 5.74) is 10.4. The molecule has 6 aromatic carbocycles. The monoisotopic (exact) mass is 762 g/mol. The predicted molar refractivity (Wildman–Crippen MR) is 243 cm³/mol. The Morgan fingerprint density at radius 1 is 0.552 bits per heavy atom. The van der Waals surface area contributed by atoms with Gasteiger partial charge in [-0.3, -0.25) is 0 Å². The molecular formula is C51H34N6S. The SMILES string of the molecule is C=Cc1c(/C=C\C)n(-c2ccccc2)c2c3sc4ncccc4c3c3c4ccccc4n(-c4cccc(-c5nc(-c6ccccc6)nc(-c6ccccc6)n5)c4)c3c12. The molecule has 0 unspecified atom stereocenters. The maximum atomic E-state index is 5.10. The summed E-state index contributed by atoms with van der Waals surface area (Å²) in [6, 6.07) is 52.5. The summed E-state index contributed by atoms with van der Waals surface area (Å²) < 4.78 is 6.03. The second-order valence-corrected chi connectivity index (χ2v) is 15.2. The molecule has 0 bridgehead atoms. The van der Waals surface area contributed by atoms with Crippen LogP contribution in [0, 0.1) is 0 Å². The van der Waals surface area contributed by atoms with Crippen LogP contribution in [0.2, 0.25) is 0 Å². The van der Waals surface area contributed by atoms with Gasteiger partial charge in [0.2, 0.25) is 0 Å². The minimum absolute atomic E-state index is 0.607. The van der Waals surface area contributed by atoms with Gasteiger partial charge in [-0.2, -0.15) is 0 Å². The van der Waals surface area contributed by atoms with Gasteiger partial charge in [-0.25, -0.2) is 19.9 Å². The highest BCUT2D eigenvalue weighted by atomic mass is 32.1. The van der Waals surface area contributed by atoms with E-state index in [-0.39, 0.29) is 0 Å². The van der Waals surface area contributed by atoms with Gasteiger partial charge in [-0.1, -0.05) is 128 Å². The van der Waals surface area contributed by atoms with Gasteiger partial charge in [0, 0.05) is 66.8 Å². The van der Waals surface area contributed by atoms with Crippen LogP contribution in [0.15, 0.2) is 171 Å². The van der Waals surface area contributed by atoms with Crippen LogP contribution in [0.1, 0.15) is 18.2 Å². The first-order valence-corrected chi connectivity index (χ1v) is 20.1. The third-order valence-corrected chi connectivity index (χ3v) is 12.0. The van der Waals surface area contributed by atoms with Crippen molar-refractivity contribution in [2.24, 2.45) is 0 Å². The van der Waals surface area contributed by atoms with Crippen LogP contribution < -0.4 is 0 Å². The van der Waals surface area contributed by atoms with Crippen LogP contribution in [0.4, 0.5) is 0 Å². The molecule has 6 nitrogen and oxygen atoms in total. The van der Waals surface area contributed by atoms with Gasteiger partial charge >= 0.3 is 0 Å². The molecule has 7 heteroatoms. The lowest BCUT2D eigenvalue weighted by Crippen LogP contribution is -2.01. The van der Waals surface area contributed by atoms with E-state index < -0.39 is 0 Å². The molecule has 0 N–H and O–H groups in total.